The van der Waals surface area contributed by atoms with Gasteiger partial charge in [0, 0.05) is 24.4 Å². The Bertz CT molecular complexity index is 1190. The van der Waals surface area contributed by atoms with Crippen LogP contribution < -0.4 is 10.6 Å². The van der Waals surface area contributed by atoms with Crippen molar-refractivity contribution >= 4 is 34.9 Å². The predicted molar refractivity (Wildman–Crippen MR) is 118 cm³/mol. The number of likely N-dealkylation sites (tertiary alicyclic amines) is 1. The smallest absolute Gasteiger partial charge is 0.271 e. The van der Waals surface area contributed by atoms with E-state index in [1.54, 1.807) is 23.1 Å². The van der Waals surface area contributed by atoms with Gasteiger partial charge in [-0.15, -0.1) is 0 Å². The van der Waals surface area contributed by atoms with Crippen LogP contribution in [-0.4, -0.2) is 59.1 Å². The third kappa shape index (κ3) is 3.86. The van der Waals surface area contributed by atoms with E-state index in [2.05, 4.69) is 21.7 Å². The third-order valence-corrected chi connectivity index (χ3v) is 7.23. The Morgan fingerprint density at radius 3 is 2.85 bits per heavy atom. The molecule has 1 spiro atoms. The first-order chi connectivity index (χ1) is 15.9. The van der Waals surface area contributed by atoms with Crippen molar-refractivity contribution in [3.8, 4) is 6.07 Å². The van der Waals surface area contributed by atoms with Gasteiger partial charge >= 0.3 is 0 Å². The van der Waals surface area contributed by atoms with Crippen LogP contribution in [0.15, 0.2) is 24.3 Å². The van der Waals surface area contributed by atoms with E-state index >= 15 is 0 Å². The fourth-order valence-electron chi connectivity index (χ4n) is 5.17. The molecule has 3 aliphatic rings. The van der Waals surface area contributed by atoms with Crippen molar-refractivity contribution < 1.29 is 19.2 Å². The van der Waals surface area contributed by atoms with Crippen LogP contribution in [0.3, 0.4) is 0 Å². The molecular formula is C24H25N5O4. The third-order valence-electron chi connectivity index (χ3n) is 7.23. The number of para-hydroxylation sites is 1. The lowest BCUT2D eigenvalue weighted by atomic mass is 9.98. The summed E-state index contributed by atoms with van der Waals surface area (Å²) in [6.07, 6.45) is 4.05. The predicted octanol–water partition coefficient (Wildman–Crippen LogP) is 1.24. The van der Waals surface area contributed by atoms with Crippen LogP contribution in [0.2, 0.25) is 0 Å². The quantitative estimate of drug-likeness (QED) is 0.573. The van der Waals surface area contributed by atoms with E-state index in [0.29, 0.717) is 49.0 Å². The summed E-state index contributed by atoms with van der Waals surface area (Å²) in [5.74, 6) is -1.05. The minimum Gasteiger partial charge on any atom is -0.356 e. The maximum absolute atomic E-state index is 13.4. The number of nitrogens with one attached hydrogen (secondary N) is 3. The largest absolute Gasteiger partial charge is 0.356 e. The van der Waals surface area contributed by atoms with Crippen molar-refractivity contribution in [3.63, 3.8) is 0 Å². The standard InChI is InChI=1S/C24H25N5O4/c25-11-16-3-1-2-14-9-18(28-20(14)16)23(33)29-13-24(5-6-24)10-19(29)22(32)27-17(12-30)8-15-4-7-26-21(15)31/h1-3,9,12,15,17,19,28H,4-8,10,13H2,(H,26,31)(H,27,32)/t15-,17-,19-/m0/s1. The Balaban J connectivity index is 1.35. The SMILES string of the molecule is N#Cc1cccc2cc(C(=O)N3CC4(CC4)C[C@H]3C(=O)N[C@H](C=O)C[C@@H]3CCNC3=O)[nH]c12. The molecular weight excluding hydrogens is 422 g/mol. The molecule has 3 heterocycles. The molecule has 2 aromatic rings. The summed E-state index contributed by atoms with van der Waals surface area (Å²) in [5.41, 5.74) is 1.34. The number of benzene rings is 1. The van der Waals surface area contributed by atoms with Crippen LogP contribution in [0.1, 0.15) is 48.2 Å². The molecule has 3 atom stereocenters. The molecule has 9 heteroatoms. The number of fused-ring (bicyclic) bond motifs is 1. The molecule has 3 N–H and O–H groups in total. The van der Waals surface area contributed by atoms with Gasteiger partial charge in [-0.25, -0.2) is 0 Å². The highest BCUT2D eigenvalue weighted by Gasteiger charge is 2.55. The van der Waals surface area contributed by atoms with E-state index in [1.807, 2.05) is 6.07 Å². The van der Waals surface area contributed by atoms with Crippen molar-refractivity contribution in [3.05, 3.63) is 35.5 Å². The molecule has 0 unspecified atom stereocenters. The lowest BCUT2D eigenvalue weighted by Crippen LogP contribution is -2.49. The number of amides is 3. The molecule has 33 heavy (non-hydrogen) atoms. The van der Waals surface area contributed by atoms with Gasteiger partial charge in [0.1, 0.15) is 24.1 Å². The molecule has 1 aromatic heterocycles. The number of carbonyl (C=O) groups excluding carboxylic acids is 4. The van der Waals surface area contributed by atoms with Crippen LogP contribution >= 0.6 is 0 Å². The fourth-order valence-corrected chi connectivity index (χ4v) is 5.17. The lowest BCUT2D eigenvalue weighted by molar-refractivity contribution is -0.128. The summed E-state index contributed by atoms with van der Waals surface area (Å²) in [4.78, 5) is 54.8. The van der Waals surface area contributed by atoms with Gasteiger partial charge in [-0.3, -0.25) is 14.4 Å². The van der Waals surface area contributed by atoms with Crippen molar-refractivity contribution in [1.29, 1.82) is 5.26 Å². The minimum atomic E-state index is -0.773. The number of H-pyrrole nitrogens is 1. The van der Waals surface area contributed by atoms with Gasteiger partial charge in [0.15, 0.2) is 0 Å². The molecule has 9 nitrogen and oxygen atoms in total. The average Bonchev–Trinajstić information content (AvgIpc) is 3.13. The number of nitriles is 1. The highest BCUT2D eigenvalue weighted by molar-refractivity contribution is 6.01. The van der Waals surface area contributed by atoms with E-state index in [-0.39, 0.29) is 35.5 Å². The number of aromatic amines is 1. The van der Waals surface area contributed by atoms with Crippen LogP contribution in [-0.2, 0) is 14.4 Å². The van der Waals surface area contributed by atoms with Gasteiger partial charge in [-0.2, -0.15) is 5.26 Å². The summed E-state index contributed by atoms with van der Waals surface area (Å²) < 4.78 is 0. The van der Waals surface area contributed by atoms with Gasteiger partial charge in [0.05, 0.1) is 17.1 Å². The number of aldehydes is 1. The maximum atomic E-state index is 13.4. The zero-order chi connectivity index (χ0) is 23.2. The minimum absolute atomic E-state index is 0.0382. The monoisotopic (exact) mass is 447 g/mol. The van der Waals surface area contributed by atoms with Crippen molar-refractivity contribution in [1.82, 2.24) is 20.5 Å². The second kappa shape index (κ2) is 8.03. The molecule has 170 valence electrons. The molecule has 5 rings (SSSR count). The summed E-state index contributed by atoms with van der Waals surface area (Å²) in [6, 6.07) is 7.65. The normalized spacial score (nSPS) is 23.8. The van der Waals surface area contributed by atoms with Crippen LogP contribution in [0, 0.1) is 22.7 Å². The zero-order valence-electron chi connectivity index (χ0n) is 18.1. The second-order valence-corrected chi connectivity index (χ2v) is 9.48. The van der Waals surface area contributed by atoms with Crippen LogP contribution in [0.25, 0.3) is 10.9 Å². The zero-order valence-corrected chi connectivity index (χ0v) is 18.1. The summed E-state index contributed by atoms with van der Waals surface area (Å²) >= 11 is 0. The summed E-state index contributed by atoms with van der Waals surface area (Å²) in [6.45, 7) is 1.07. The molecule has 3 fully saturated rings. The van der Waals surface area contributed by atoms with E-state index in [0.717, 1.165) is 18.2 Å². The van der Waals surface area contributed by atoms with Gasteiger partial charge < -0.3 is 25.3 Å². The molecule has 2 saturated heterocycles. The Kier molecular flexibility index (Phi) is 5.16. The fraction of sp³-hybridized carbons (Fsp3) is 0.458. The maximum Gasteiger partial charge on any atom is 0.271 e. The number of aromatic nitrogens is 1. The van der Waals surface area contributed by atoms with Gasteiger partial charge in [-0.1, -0.05) is 12.1 Å². The van der Waals surface area contributed by atoms with Gasteiger partial charge in [0.2, 0.25) is 11.8 Å². The Morgan fingerprint density at radius 1 is 1.36 bits per heavy atom. The van der Waals surface area contributed by atoms with Crippen molar-refractivity contribution in [2.24, 2.45) is 11.3 Å². The molecule has 1 aliphatic carbocycles. The van der Waals surface area contributed by atoms with Gasteiger partial charge in [-0.05, 0) is 49.7 Å². The number of hydrogen-bond donors (Lipinski definition) is 3. The second-order valence-electron chi connectivity index (χ2n) is 9.48. The molecule has 1 aromatic carbocycles. The van der Waals surface area contributed by atoms with Crippen molar-refractivity contribution in [2.45, 2.75) is 44.2 Å². The molecule has 1 saturated carbocycles. The van der Waals surface area contributed by atoms with E-state index < -0.39 is 12.1 Å². The summed E-state index contributed by atoms with van der Waals surface area (Å²) in [7, 11) is 0. The van der Waals surface area contributed by atoms with Crippen molar-refractivity contribution in [2.75, 3.05) is 13.1 Å². The molecule has 0 bridgehead atoms. The molecule has 2 aliphatic heterocycles. The first-order valence-electron chi connectivity index (χ1n) is 11.3. The molecule has 0 radical (unpaired) electrons. The Morgan fingerprint density at radius 2 is 2.18 bits per heavy atom. The number of nitrogens with zero attached hydrogens (tertiary/aromatic N) is 2. The van der Waals surface area contributed by atoms with Crippen LogP contribution in [0.5, 0.6) is 0 Å². The number of rotatable bonds is 6. The van der Waals surface area contributed by atoms with Gasteiger partial charge in [0.25, 0.3) is 5.91 Å². The first kappa shape index (κ1) is 21.2. The van der Waals surface area contributed by atoms with E-state index in [9.17, 15) is 24.4 Å². The Labute approximate surface area is 190 Å². The highest BCUT2D eigenvalue weighted by Crippen LogP contribution is 2.55. The van der Waals surface area contributed by atoms with Crippen LogP contribution in [0.4, 0.5) is 0 Å². The van der Waals surface area contributed by atoms with E-state index in [4.69, 9.17) is 0 Å². The summed E-state index contributed by atoms with van der Waals surface area (Å²) in [5, 5.41) is 15.6. The van der Waals surface area contributed by atoms with E-state index in [1.165, 1.54) is 0 Å². The lowest BCUT2D eigenvalue weighted by Gasteiger charge is -2.25. The average molecular weight is 447 g/mol. The first-order valence-corrected chi connectivity index (χ1v) is 11.3. The number of carbonyl (C=O) groups is 4. The molecule has 3 amide bonds. The number of hydrogen-bond acceptors (Lipinski definition) is 5. The Hall–Kier alpha value is -3.67. The topological polar surface area (TPSA) is 135 Å². The highest BCUT2D eigenvalue weighted by atomic mass is 16.2.